The number of methoxy groups -OCH3 is 1. The predicted molar refractivity (Wildman–Crippen MR) is 101 cm³/mol. The van der Waals surface area contributed by atoms with Gasteiger partial charge in [0.2, 0.25) is 0 Å². The Hall–Kier alpha value is -3.02. The van der Waals surface area contributed by atoms with Crippen molar-refractivity contribution in [3.8, 4) is 17.2 Å². The fourth-order valence-electron chi connectivity index (χ4n) is 2.21. The number of hydrazone groups is 1. The van der Waals surface area contributed by atoms with Crippen molar-refractivity contribution in [1.82, 2.24) is 5.43 Å². The van der Waals surface area contributed by atoms with Gasteiger partial charge in [-0.25, -0.2) is 5.43 Å². The molecule has 6 nitrogen and oxygen atoms in total. The van der Waals surface area contributed by atoms with Crippen molar-refractivity contribution in [3.05, 3.63) is 53.1 Å². The van der Waals surface area contributed by atoms with Crippen molar-refractivity contribution in [2.45, 2.75) is 20.8 Å². The number of carbonyl (C=O) groups is 1. The largest absolute Gasteiger partial charge is 0.493 e. The lowest BCUT2D eigenvalue weighted by atomic mass is 10.1. The van der Waals surface area contributed by atoms with Crippen LogP contribution in [0.4, 0.5) is 0 Å². The van der Waals surface area contributed by atoms with Crippen molar-refractivity contribution in [1.29, 1.82) is 0 Å². The SMILES string of the molecule is CCOc1cc(/C=N/NC(=O)COc2ccc(C)c(C)c2)ccc1OC. The zero-order chi connectivity index (χ0) is 18.9. The number of hydrogen-bond acceptors (Lipinski definition) is 5. The average Bonchev–Trinajstić information content (AvgIpc) is 2.63. The number of hydrogen-bond donors (Lipinski definition) is 1. The van der Waals surface area contributed by atoms with Crippen LogP contribution in [0.15, 0.2) is 41.5 Å². The molecule has 0 radical (unpaired) electrons. The van der Waals surface area contributed by atoms with Gasteiger partial charge < -0.3 is 14.2 Å². The molecule has 138 valence electrons. The summed E-state index contributed by atoms with van der Waals surface area (Å²) < 4.78 is 16.2. The van der Waals surface area contributed by atoms with Crippen LogP contribution in [0.5, 0.6) is 17.2 Å². The summed E-state index contributed by atoms with van der Waals surface area (Å²) in [5.41, 5.74) is 5.52. The van der Waals surface area contributed by atoms with E-state index in [9.17, 15) is 4.79 Å². The van der Waals surface area contributed by atoms with E-state index in [4.69, 9.17) is 14.2 Å². The van der Waals surface area contributed by atoms with Crippen LogP contribution in [0.25, 0.3) is 0 Å². The van der Waals surface area contributed by atoms with Crippen LogP contribution in [-0.2, 0) is 4.79 Å². The molecule has 0 fully saturated rings. The van der Waals surface area contributed by atoms with E-state index in [1.165, 1.54) is 11.8 Å². The van der Waals surface area contributed by atoms with E-state index in [0.29, 0.717) is 23.9 Å². The molecule has 0 aliphatic carbocycles. The Labute approximate surface area is 153 Å². The molecule has 0 saturated heterocycles. The number of ether oxygens (including phenoxy) is 3. The summed E-state index contributed by atoms with van der Waals surface area (Å²) in [6.07, 6.45) is 1.54. The Morgan fingerprint density at radius 2 is 1.88 bits per heavy atom. The summed E-state index contributed by atoms with van der Waals surface area (Å²) in [5.74, 6) is 1.60. The minimum atomic E-state index is -0.335. The first-order chi connectivity index (χ1) is 12.5. The highest BCUT2D eigenvalue weighted by Gasteiger charge is 2.05. The molecule has 2 rings (SSSR count). The zero-order valence-electron chi connectivity index (χ0n) is 15.5. The van der Waals surface area contributed by atoms with E-state index < -0.39 is 0 Å². The molecule has 0 atom stereocenters. The molecular weight excluding hydrogens is 332 g/mol. The predicted octanol–water partition coefficient (Wildman–Crippen LogP) is 3.24. The van der Waals surface area contributed by atoms with Crippen LogP contribution in [0, 0.1) is 13.8 Å². The van der Waals surface area contributed by atoms with Gasteiger partial charge in [0.05, 0.1) is 19.9 Å². The van der Waals surface area contributed by atoms with Crippen LogP contribution in [0.1, 0.15) is 23.6 Å². The van der Waals surface area contributed by atoms with Gasteiger partial charge in [-0.2, -0.15) is 5.10 Å². The average molecular weight is 356 g/mol. The van der Waals surface area contributed by atoms with Crippen LogP contribution in [0.3, 0.4) is 0 Å². The summed E-state index contributed by atoms with van der Waals surface area (Å²) in [6.45, 7) is 6.35. The van der Waals surface area contributed by atoms with E-state index >= 15 is 0 Å². The quantitative estimate of drug-likeness (QED) is 0.582. The lowest BCUT2D eigenvalue weighted by Crippen LogP contribution is -2.24. The van der Waals surface area contributed by atoms with Crippen LogP contribution in [0.2, 0.25) is 0 Å². The van der Waals surface area contributed by atoms with Crippen LogP contribution < -0.4 is 19.6 Å². The first kappa shape index (κ1) is 19.3. The molecule has 0 aliphatic rings. The van der Waals surface area contributed by atoms with Crippen molar-refractivity contribution in [2.75, 3.05) is 20.3 Å². The molecule has 6 heteroatoms. The van der Waals surface area contributed by atoms with Crippen molar-refractivity contribution >= 4 is 12.1 Å². The third-order valence-corrected chi connectivity index (χ3v) is 3.74. The summed E-state index contributed by atoms with van der Waals surface area (Å²) >= 11 is 0. The summed E-state index contributed by atoms with van der Waals surface area (Å²) in [5, 5.41) is 3.94. The number of nitrogens with zero attached hydrogens (tertiary/aromatic N) is 1. The molecule has 0 saturated carbocycles. The summed E-state index contributed by atoms with van der Waals surface area (Å²) in [6, 6.07) is 11.1. The van der Waals surface area contributed by atoms with Gasteiger partial charge in [0.1, 0.15) is 5.75 Å². The topological polar surface area (TPSA) is 69.2 Å². The maximum atomic E-state index is 11.8. The maximum absolute atomic E-state index is 11.8. The van der Waals surface area contributed by atoms with Crippen molar-refractivity contribution < 1.29 is 19.0 Å². The molecule has 0 aromatic heterocycles. The molecule has 1 amide bonds. The molecule has 2 aromatic rings. The lowest BCUT2D eigenvalue weighted by molar-refractivity contribution is -0.123. The minimum Gasteiger partial charge on any atom is -0.493 e. The second-order valence-electron chi connectivity index (χ2n) is 5.67. The van der Waals surface area contributed by atoms with Gasteiger partial charge in [-0.15, -0.1) is 0 Å². The number of benzene rings is 2. The second kappa shape index (κ2) is 9.46. The standard InChI is InChI=1S/C20H24N2O4/c1-5-25-19-11-16(7-9-18(19)24-4)12-21-22-20(23)13-26-17-8-6-14(2)15(3)10-17/h6-12H,5,13H2,1-4H3,(H,22,23)/b21-12+. The van der Waals surface area contributed by atoms with Crippen molar-refractivity contribution in [3.63, 3.8) is 0 Å². The third-order valence-electron chi connectivity index (χ3n) is 3.74. The lowest BCUT2D eigenvalue weighted by Gasteiger charge is -2.09. The first-order valence-electron chi connectivity index (χ1n) is 8.36. The third kappa shape index (κ3) is 5.51. The van der Waals surface area contributed by atoms with E-state index in [1.807, 2.05) is 45.0 Å². The fourth-order valence-corrected chi connectivity index (χ4v) is 2.21. The molecule has 2 aromatic carbocycles. The highest BCUT2D eigenvalue weighted by atomic mass is 16.5. The minimum absolute atomic E-state index is 0.105. The zero-order valence-corrected chi connectivity index (χ0v) is 15.5. The number of rotatable bonds is 8. The van der Waals surface area contributed by atoms with Crippen LogP contribution in [-0.4, -0.2) is 32.4 Å². The second-order valence-corrected chi connectivity index (χ2v) is 5.67. The van der Waals surface area contributed by atoms with Gasteiger partial charge in [0.25, 0.3) is 5.91 Å². The first-order valence-corrected chi connectivity index (χ1v) is 8.36. The number of aryl methyl sites for hydroxylation is 2. The van der Waals surface area contributed by atoms with Gasteiger partial charge in [-0.3, -0.25) is 4.79 Å². The molecule has 0 spiro atoms. The van der Waals surface area contributed by atoms with E-state index in [2.05, 4.69) is 10.5 Å². The Kier molecular flexibility index (Phi) is 7.02. The van der Waals surface area contributed by atoms with Crippen LogP contribution >= 0.6 is 0 Å². The number of nitrogens with one attached hydrogen (secondary N) is 1. The molecule has 0 heterocycles. The molecule has 26 heavy (non-hydrogen) atoms. The highest BCUT2D eigenvalue weighted by molar-refractivity contribution is 5.83. The molecule has 0 aliphatic heterocycles. The molecule has 1 N–H and O–H groups in total. The maximum Gasteiger partial charge on any atom is 0.277 e. The smallest absolute Gasteiger partial charge is 0.277 e. The van der Waals surface area contributed by atoms with Crippen molar-refractivity contribution in [2.24, 2.45) is 5.10 Å². The fraction of sp³-hybridized carbons (Fsp3) is 0.300. The van der Waals surface area contributed by atoms with E-state index in [0.717, 1.165) is 11.1 Å². The number of amides is 1. The summed E-state index contributed by atoms with van der Waals surface area (Å²) in [7, 11) is 1.58. The van der Waals surface area contributed by atoms with Gasteiger partial charge in [-0.1, -0.05) is 6.07 Å². The van der Waals surface area contributed by atoms with Gasteiger partial charge in [0.15, 0.2) is 18.1 Å². The van der Waals surface area contributed by atoms with Gasteiger partial charge >= 0.3 is 0 Å². The Bertz CT molecular complexity index is 787. The highest BCUT2D eigenvalue weighted by Crippen LogP contribution is 2.27. The van der Waals surface area contributed by atoms with Gasteiger partial charge in [0, 0.05) is 0 Å². The molecule has 0 bridgehead atoms. The normalized spacial score (nSPS) is 10.6. The molecular formula is C20H24N2O4. The van der Waals surface area contributed by atoms with E-state index in [1.54, 1.807) is 19.2 Å². The van der Waals surface area contributed by atoms with E-state index in [-0.39, 0.29) is 12.5 Å². The molecule has 0 unspecified atom stereocenters. The Balaban J connectivity index is 1.88. The monoisotopic (exact) mass is 356 g/mol. The number of carbonyl (C=O) groups excluding carboxylic acids is 1. The Morgan fingerprint density at radius 1 is 1.08 bits per heavy atom. The Morgan fingerprint density at radius 3 is 2.58 bits per heavy atom. The summed E-state index contributed by atoms with van der Waals surface area (Å²) in [4.78, 5) is 11.8. The van der Waals surface area contributed by atoms with Gasteiger partial charge in [-0.05, 0) is 67.8 Å².